The summed E-state index contributed by atoms with van der Waals surface area (Å²) in [6.07, 6.45) is 13.7. The van der Waals surface area contributed by atoms with Gasteiger partial charge in [0.05, 0.1) is 6.61 Å². The number of hydrogen-bond donors (Lipinski definition) is 0. The van der Waals surface area contributed by atoms with Gasteiger partial charge < -0.3 is 1.43 Å². The van der Waals surface area contributed by atoms with E-state index in [0.717, 1.165) is 24.8 Å². The zero-order valence-electron chi connectivity index (χ0n) is 20.3. The average Bonchev–Trinajstić information content (AvgIpc) is 2.77. The summed E-state index contributed by atoms with van der Waals surface area (Å²) < 4.78 is 31.2. The van der Waals surface area contributed by atoms with Crippen LogP contribution in [0.4, 0.5) is 0 Å². The molecular formula is C26H37NaO3S. The predicted molar refractivity (Wildman–Crippen MR) is 129 cm³/mol. The molecule has 0 aromatic heterocycles. The Morgan fingerprint density at radius 2 is 1.26 bits per heavy atom. The first kappa shape index (κ1) is 28.1. The van der Waals surface area contributed by atoms with E-state index in [-0.39, 0.29) is 42.5 Å². The first-order valence-electron chi connectivity index (χ1n) is 11.3. The van der Waals surface area contributed by atoms with Gasteiger partial charge in [-0.15, -0.1) is 0 Å². The Bertz CT molecular complexity index is 840. The standard InChI is InChI=1S/C26H36O3S.Na.H/c1-2-3-4-5-6-7-8-9-10-17-22-29-30(27,28)26(25-20-15-12-16-21-25)23-24-18-13-11-14-19-24;;/h11-16,18-21,23H,2-10,17,22H2,1H3;;/q;+1;-1. The quantitative estimate of drug-likeness (QED) is 0.172. The fraction of sp³-hybridized carbons (Fsp3) is 0.462. The number of unbranched alkanes of at least 4 members (excludes halogenated alkanes) is 9. The number of hydrogen-bond acceptors (Lipinski definition) is 3. The molecule has 0 aliphatic rings. The molecule has 0 fully saturated rings. The van der Waals surface area contributed by atoms with E-state index in [0.29, 0.717) is 5.56 Å². The van der Waals surface area contributed by atoms with Crippen LogP contribution in [0, 0.1) is 0 Å². The first-order valence-corrected chi connectivity index (χ1v) is 12.8. The fourth-order valence-electron chi connectivity index (χ4n) is 3.42. The second kappa shape index (κ2) is 16.7. The third-order valence-corrected chi connectivity index (χ3v) is 6.53. The molecule has 2 aromatic rings. The van der Waals surface area contributed by atoms with Crippen LogP contribution in [0.5, 0.6) is 0 Å². The second-order valence-corrected chi connectivity index (χ2v) is 9.33. The van der Waals surface area contributed by atoms with Crippen LogP contribution >= 0.6 is 0 Å². The molecule has 0 saturated carbocycles. The molecule has 0 saturated heterocycles. The summed E-state index contributed by atoms with van der Waals surface area (Å²) in [7, 11) is -3.82. The average molecular weight is 453 g/mol. The van der Waals surface area contributed by atoms with Gasteiger partial charge in [0.2, 0.25) is 0 Å². The van der Waals surface area contributed by atoms with Crippen LogP contribution in [0.3, 0.4) is 0 Å². The molecule has 2 rings (SSSR count). The molecule has 31 heavy (non-hydrogen) atoms. The topological polar surface area (TPSA) is 43.4 Å². The number of benzene rings is 2. The van der Waals surface area contributed by atoms with Crippen molar-refractivity contribution in [3.05, 3.63) is 71.8 Å². The van der Waals surface area contributed by atoms with Gasteiger partial charge in [-0.3, -0.25) is 4.18 Å². The van der Waals surface area contributed by atoms with Gasteiger partial charge in [-0.25, -0.2) is 0 Å². The van der Waals surface area contributed by atoms with Crippen molar-refractivity contribution in [2.24, 2.45) is 0 Å². The molecule has 2 aromatic carbocycles. The van der Waals surface area contributed by atoms with Crippen LogP contribution in [-0.4, -0.2) is 15.0 Å². The Morgan fingerprint density at radius 1 is 0.774 bits per heavy atom. The Balaban J connectivity index is 0.00000480. The minimum absolute atomic E-state index is 0. The zero-order chi connectivity index (χ0) is 21.5. The van der Waals surface area contributed by atoms with E-state index in [1.807, 2.05) is 48.5 Å². The maximum absolute atomic E-state index is 12.9. The SMILES string of the molecule is CCCCCCCCCCCCOS(=O)(=O)C(=Cc1ccccc1)c1ccccc1.[H-].[Na+]. The van der Waals surface area contributed by atoms with Crippen molar-refractivity contribution < 1.29 is 43.6 Å². The van der Waals surface area contributed by atoms with Gasteiger partial charge in [-0.05, 0) is 23.6 Å². The molecule has 0 N–H and O–H groups in total. The molecule has 0 aliphatic heterocycles. The molecule has 0 spiro atoms. The monoisotopic (exact) mass is 452 g/mol. The van der Waals surface area contributed by atoms with Crippen molar-refractivity contribution in [2.75, 3.05) is 6.61 Å². The van der Waals surface area contributed by atoms with E-state index in [1.165, 1.54) is 44.9 Å². The van der Waals surface area contributed by atoms with Crippen molar-refractivity contribution in [3.63, 3.8) is 0 Å². The third-order valence-electron chi connectivity index (χ3n) is 5.16. The van der Waals surface area contributed by atoms with E-state index in [9.17, 15) is 8.42 Å². The summed E-state index contributed by atoms with van der Waals surface area (Å²) in [5.41, 5.74) is 1.48. The Kier molecular flexibility index (Phi) is 15.1. The molecule has 0 aliphatic carbocycles. The summed E-state index contributed by atoms with van der Waals surface area (Å²) in [6, 6.07) is 18.6. The van der Waals surface area contributed by atoms with Gasteiger partial charge in [0.15, 0.2) is 0 Å². The van der Waals surface area contributed by atoms with Crippen molar-refractivity contribution in [3.8, 4) is 0 Å². The fourth-order valence-corrected chi connectivity index (χ4v) is 4.59. The minimum Gasteiger partial charge on any atom is -1.00 e. The van der Waals surface area contributed by atoms with E-state index < -0.39 is 10.1 Å². The summed E-state index contributed by atoms with van der Waals surface area (Å²) in [5.74, 6) is 0. The summed E-state index contributed by atoms with van der Waals surface area (Å²) in [6.45, 7) is 2.47. The molecule has 166 valence electrons. The largest absolute Gasteiger partial charge is 1.00 e. The third kappa shape index (κ3) is 11.5. The molecule has 0 amide bonds. The molecule has 0 bridgehead atoms. The normalized spacial score (nSPS) is 11.8. The maximum Gasteiger partial charge on any atom is 1.00 e. The van der Waals surface area contributed by atoms with Crippen molar-refractivity contribution in [1.29, 1.82) is 0 Å². The summed E-state index contributed by atoms with van der Waals surface area (Å²) >= 11 is 0. The van der Waals surface area contributed by atoms with Gasteiger partial charge in [-0.1, -0.05) is 125 Å². The molecule has 0 atom stereocenters. The van der Waals surface area contributed by atoms with Crippen LogP contribution in [0.25, 0.3) is 11.0 Å². The maximum atomic E-state index is 12.9. The Labute approximate surface area is 213 Å². The Morgan fingerprint density at radius 3 is 1.81 bits per heavy atom. The van der Waals surface area contributed by atoms with Crippen LogP contribution in [0.2, 0.25) is 0 Å². The molecule has 3 nitrogen and oxygen atoms in total. The molecule has 0 unspecified atom stereocenters. The van der Waals surface area contributed by atoms with Crippen molar-refractivity contribution >= 4 is 21.1 Å². The van der Waals surface area contributed by atoms with Gasteiger partial charge >= 0.3 is 29.6 Å². The van der Waals surface area contributed by atoms with Crippen LogP contribution in [-0.2, 0) is 14.3 Å². The van der Waals surface area contributed by atoms with Crippen molar-refractivity contribution in [2.45, 2.75) is 71.1 Å². The molecule has 0 radical (unpaired) electrons. The predicted octanol–water partition coefficient (Wildman–Crippen LogP) is 4.57. The summed E-state index contributed by atoms with van der Waals surface area (Å²) in [5, 5.41) is 0. The second-order valence-electron chi connectivity index (χ2n) is 7.74. The van der Waals surface area contributed by atoms with Gasteiger partial charge in [0.1, 0.15) is 4.91 Å². The molecule has 0 heterocycles. The van der Waals surface area contributed by atoms with Gasteiger partial charge in [0.25, 0.3) is 10.1 Å². The van der Waals surface area contributed by atoms with Gasteiger partial charge in [0, 0.05) is 0 Å². The van der Waals surface area contributed by atoms with Crippen LogP contribution in [0.15, 0.2) is 60.7 Å². The summed E-state index contributed by atoms with van der Waals surface area (Å²) in [4.78, 5) is 0.210. The first-order chi connectivity index (χ1) is 14.6. The van der Waals surface area contributed by atoms with Crippen LogP contribution in [0.1, 0.15) is 83.7 Å². The molecule has 5 heteroatoms. The zero-order valence-corrected chi connectivity index (χ0v) is 22.1. The van der Waals surface area contributed by atoms with E-state index in [4.69, 9.17) is 4.18 Å². The van der Waals surface area contributed by atoms with E-state index in [1.54, 1.807) is 18.2 Å². The number of rotatable bonds is 15. The van der Waals surface area contributed by atoms with E-state index in [2.05, 4.69) is 6.92 Å². The molecular weight excluding hydrogens is 415 g/mol. The van der Waals surface area contributed by atoms with Crippen LogP contribution < -0.4 is 29.6 Å². The smallest absolute Gasteiger partial charge is 1.00 e. The van der Waals surface area contributed by atoms with Gasteiger partial charge in [-0.2, -0.15) is 8.42 Å². The van der Waals surface area contributed by atoms with Crippen molar-refractivity contribution in [1.82, 2.24) is 0 Å². The van der Waals surface area contributed by atoms with E-state index >= 15 is 0 Å². The minimum atomic E-state index is -3.82. The Hall–Kier alpha value is -0.910.